The molecule has 0 aliphatic heterocycles. The Kier molecular flexibility index (Phi) is 6.75. The predicted molar refractivity (Wildman–Crippen MR) is 108 cm³/mol. The normalized spacial score (nSPS) is 26.8. The van der Waals surface area contributed by atoms with Crippen LogP contribution in [0.25, 0.3) is 0 Å². The van der Waals surface area contributed by atoms with Crippen LogP contribution in [-0.2, 0) is 10.0 Å². The lowest BCUT2D eigenvalue weighted by Crippen LogP contribution is -2.42. The summed E-state index contributed by atoms with van der Waals surface area (Å²) < 4.78 is 43.8. The minimum atomic E-state index is -3.81. The molecular weight excluding hydrogens is 421 g/mol. The molecule has 0 heterocycles. The molecule has 2 bridgehead atoms. The summed E-state index contributed by atoms with van der Waals surface area (Å²) in [5.41, 5.74) is -0.962. The summed E-state index contributed by atoms with van der Waals surface area (Å²) in [7, 11) is -3.81. The number of hydrogen-bond acceptors (Lipinski definition) is 5. The third-order valence-corrected chi connectivity index (χ3v) is 6.67. The molecule has 2 aliphatic carbocycles. The first-order valence-electron chi connectivity index (χ1n) is 9.91. The third kappa shape index (κ3) is 6.06. The first-order valence-corrected chi connectivity index (χ1v) is 12.2. The van der Waals surface area contributed by atoms with E-state index >= 15 is 0 Å². The van der Waals surface area contributed by atoms with E-state index in [1.807, 2.05) is 0 Å². The second-order valence-electron chi connectivity index (χ2n) is 8.45. The molecule has 0 spiro atoms. The zero-order chi connectivity index (χ0) is 21.2. The summed E-state index contributed by atoms with van der Waals surface area (Å²) in [6, 6.07) is 2.05. The van der Waals surface area contributed by atoms with E-state index in [9.17, 15) is 22.7 Å². The molecule has 0 aromatic heterocycles. The number of carbonyl (C=O) groups excluding carboxylic acids is 1. The molecule has 2 fully saturated rings. The van der Waals surface area contributed by atoms with Crippen molar-refractivity contribution in [2.45, 2.75) is 57.0 Å². The van der Waals surface area contributed by atoms with E-state index < -0.39 is 32.9 Å². The van der Waals surface area contributed by atoms with Gasteiger partial charge in [0.15, 0.2) is 0 Å². The zero-order valence-corrected chi connectivity index (χ0v) is 18.0. The van der Waals surface area contributed by atoms with Crippen LogP contribution in [0.2, 0.25) is 5.02 Å². The number of carbonyl (C=O) groups is 1. The van der Waals surface area contributed by atoms with Crippen molar-refractivity contribution in [1.29, 1.82) is 0 Å². The maximum Gasteiger partial charge on any atom is 0.267 e. The van der Waals surface area contributed by atoms with Gasteiger partial charge in [-0.2, -0.15) is 0 Å². The van der Waals surface area contributed by atoms with Crippen LogP contribution in [0.5, 0.6) is 5.75 Å². The van der Waals surface area contributed by atoms with E-state index in [1.165, 1.54) is 6.42 Å². The van der Waals surface area contributed by atoms with E-state index in [0.29, 0.717) is 18.4 Å². The van der Waals surface area contributed by atoms with Crippen LogP contribution >= 0.6 is 11.6 Å². The van der Waals surface area contributed by atoms with Gasteiger partial charge in [0, 0.05) is 6.07 Å². The van der Waals surface area contributed by atoms with Crippen molar-refractivity contribution in [2.75, 3.05) is 12.9 Å². The lowest BCUT2D eigenvalue weighted by Gasteiger charge is -2.45. The van der Waals surface area contributed by atoms with Gasteiger partial charge in [0.2, 0.25) is 10.0 Å². The van der Waals surface area contributed by atoms with Gasteiger partial charge in [-0.25, -0.2) is 17.5 Å². The van der Waals surface area contributed by atoms with E-state index in [1.54, 1.807) is 4.72 Å². The van der Waals surface area contributed by atoms with Crippen LogP contribution in [0.3, 0.4) is 0 Å². The van der Waals surface area contributed by atoms with Gasteiger partial charge >= 0.3 is 0 Å². The molecular formula is C20H27ClFNO5S. The lowest BCUT2D eigenvalue weighted by atomic mass is 9.64. The second-order valence-corrected chi connectivity index (χ2v) is 10.6. The number of halogens is 2. The number of fused-ring (bicyclic) bond motifs is 2. The quantitative estimate of drug-likeness (QED) is 0.622. The van der Waals surface area contributed by atoms with Gasteiger partial charge in [0.05, 0.1) is 29.0 Å². The number of rotatable bonds is 7. The first-order chi connectivity index (χ1) is 13.5. The van der Waals surface area contributed by atoms with Crippen molar-refractivity contribution < 1.29 is 27.4 Å². The Balaban J connectivity index is 1.52. The molecule has 1 aromatic carbocycles. The van der Waals surface area contributed by atoms with Crippen molar-refractivity contribution in [2.24, 2.45) is 11.8 Å². The largest absolute Gasteiger partial charge is 0.492 e. The van der Waals surface area contributed by atoms with Crippen LogP contribution in [0, 0.1) is 17.7 Å². The molecule has 1 amide bonds. The van der Waals surface area contributed by atoms with Gasteiger partial charge in [-0.05, 0) is 56.4 Å². The molecule has 162 valence electrons. The molecule has 2 saturated carbocycles. The molecule has 2 aliphatic rings. The highest BCUT2D eigenvalue weighted by molar-refractivity contribution is 7.89. The summed E-state index contributed by atoms with van der Waals surface area (Å²) in [6.07, 6.45) is 8.59. The Bertz CT molecular complexity index is 878. The van der Waals surface area contributed by atoms with Gasteiger partial charge in [0.1, 0.15) is 11.6 Å². The van der Waals surface area contributed by atoms with Crippen molar-refractivity contribution >= 4 is 27.5 Å². The van der Waals surface area contributed by atoms with Crippen LogP contribution in [-0.4, -0.2) is 37.9 Å². The van der Waals surface area contributed by atoms with Crippen molar-refractivity contribution in [1.82, 2.24) is 4.72 Å². The van der Waals surface area contributed by atoms with E-state index in [4.69, 9.17) is 16.3 Å². The molecule has 2 N–H and O–H groups in total. The molecule has 0 saturated heterocycles. The Hall–Kier alpha value is -1.38. The van der Waals surface area contributed by atoms with Gasteiger partial charge < -0.3 is 9.84 Å². The number of aliphatic hydroxyl groups is 1. The molecule has 1 aromatic rings. The Labute approximate surface area is 175 Å². The van der Waals surface area contributed by atoms with Gasteiger partial charge in [-0.3, -0.25) is 4.79 Å². The van der Waals surface area contributed by atoms with Crippen molar-refractivity contribution in [3.8, 4) is 5.75 Å². The van der Waals surface area contributed by atoms with Crippen molar-refractivity contribution in [3.63, 3.8) is 0 Å². The van der Waals surface area contributed by atoms with Gasteiger partial charge in [-0.1, -0.05) is 24.4 Å². The number of nitrogens with one attached hydrogen (secondary N) is 1. The van der Waals surface area contributed by atoms with Crippen molar-refractivity contribution in [3.05, 3.63) is 28.5 Å². The fraction of sp³-hybridized carbons (Fsp3) is 0.650. The topological polar surface area (TPSA) is 92.7 Å². The van der Waals surface area contributed by atoms with Crippen LogP contribution in [0.4, 0.5) is 4.39 Å². The molecule has 3 atom stereocenters. The molecule has 3 rings (SSSR count). The molecule has 0 radical (unpaired) electrons. The first kappa shape index (κ1) is 22.3. The fourth-order valence-corrected chi connectivity index (χ4v) is 5.42. The van der Waals surface area contributed by atoms with Gasteiger partial charge in [-0.15, -0.1) is 0 Å². The average Bonchev–Trinajstić information content (AvgIpc) is 2.58. The predicted octanol–water partition coefficient (Wildman–Crippen LogP) is 3.66. The molecule has 29 heavy (non-hydrogen) atoms. The third-order valence-electron chi connectivity index (χ3n) is 5.82. The highest BCUT2D eigenvalue weighted by Gasteiger charge is 2.41. The van der Waals surface area contributed by atoms with E-state index in [-0.39, 0.29) is 10.8 Å². The summed E-state index contributed by atoms with van der Waals surface area (Å²) in [6.45, 7) is 0.341. The van der Waals surface area contributed by atoms with Crippen LogP contribution in [0.1, 0.15) is 61.7 Å². The summed E-state index contributed by atoms with van der Waals surface area (Å²) in [5.74, 6) is -0.800. The zero-order valence-electron chi connectivity index (χ0n) is 16.4. The smallest absolute Gasteiger partial charge is 0.267 e. The maximum atomic E-state index is 14.2. The minimum absolute atomic E-state index is 0.0339. The highest BCUT2D eigenvalue weighted by atomic mass is 35.5. The standard InChI is InChI=1S/C20H27ClFNO5S/c1-29(26,27)23-19(24)15-9-16(21)18(10-17(15)22)28-7-3-5-14-8-13-4-2-6-20(25,11-13)12-14/h9-10,13-14,25H,2-8,11-12H2,1H3,(H,23,24). The summed E-state index contributed by atoms with van der Waals surface area (Å²) >= 11 is 6.07. The number of amides is 1. The van der Waals surface area contributed by atoms with Crippen LogP contribution < -0.4 is 9.46 Å². The lowest BCUT2D eigenvalue weighted by molar-refractivity contribution is -0.0688. The molecule has 9 heteroatoms. The van der Waals surface area contributed by atoms with E-state index in [0.717, 1.165) is 63.3 Å². The number of benzene rings is 1. The van der Waals surface area contributed by atoms with Gasteiger partial charge in [0.25, 0.3) is 5.91 Å². The van der Waals surface area contributed by atoms with E-state index in [2.05, 4.69) is 0 Å². The highest BCUT2D eigenvalue weighted by Crippen LogP contribution is 2.46. The SMILES string of the molecule is CS(=O)(=O)NC(=O)c1cc(Cl)c(OCCCC2CC3CCCC(O)(C2)C3)cc1F. The summed E-state index contributed by atoms with van der Waals surface area (Å²) in [5, 5.41) is 10.7. The minimum Gasteiger partial charge on any atom is -0.492 e. The number of ether oxygens (including phenoxy) is 1. The summed E-state index contributed by atoms with van der Waals surface area (Å²) in [4.78, 5) is 11.8. The Morgan fingerprint density at radius 3 is 2.86 bits per heavy atom. The molecule has 6 nitrogen and oxygen atoms in total. The second kappa shape index (κ2) is 8.78. The maximum absolute atomic E-state index is 14.2. The number of hydrogen-bond donors (Lipinski definition) is 2. The van der Waals surface area contributed by atoms with Crippen LogP contribution in [0.15, 0.2) is 12.1 Å². The number of sulfonamides is 1. The monoisotopic (exact) mass is 447 g/mol. The molecule has 3 unspecified atom stereocenters. The fourth-order valence-electron chi connectivity index (χ4n) is 4.75. The Morgan fingerprint density at radius 2 is 2.17 bits per heavy atom. The Morgan fingerprint density at radius 1 is 1.41 bits per heavy atom. The average molecular weight is 448 g/mol.